The summed E-state index contributed by atoms with van der Waals surface area (Å²) in [6.45, 7) is 11.8. The second-order valence-electron chi connectivity index (χ2n) is 13.4. The van der Waals surface area contributed by atoms with Crippen molar-refractivity contribution >= 4 is 15.9 Å². The van der Waals surface area contributed by atoms with Gasteiger partial charge in [0, 0.05) is 25.7 Å². The molecule has 1 aliphatic carbocycles. The Kier molecular flexibility index (Phi) is 9.08. The maximum atomic E-state index is 14.0. The van der Waals surface area contributed by atoms with Crippen molar-refractivity contribution in [3.8, 4) is 5.75 Å². The lowest BCUT2D eigenvalue weighted by atomic mass is 9.70. The molecule has 1 saturated carbocycles. The van der Waals surface area contributed by atoms with Crippen LogP contribution in [0.4, 0.5) is 0 Å². The van der Waals surface area contributed by atoms with Gasteiger partial charge in [0.2, 0.25) is 15.9 Å². The topological polar surface area (TPSA) is 88.6 Å². The normalized spacial score (nSPS) is 25.7. The van der Waals surface area contributed by atoms with E-state index in [0.29, 0.717) is 22.3 Å². The third kappa shape index (κ3) is 6.61. The van der Waals surface area contributed by atoms with Gasteiger partial charge in [-0.2, -0.15) is 4.31 Å². The number of hydrogen-bond donors (Lipinski definition) is 0. The van der Waals surface area contributed by atoms with Crippen LogP contribution in [-0.2, 0) is 24.3 Å². The largest absolute Gasteiger partial charge is 0.497 e. The molecule has 41 heavy (non-hydrogen) atoms. The minimum absolute atomic E-state index is 0.0138. The first-order valence-electron chi connectivity index (χ1n) is 15.3. The molecule has 3 saturated heterocycles. The van der Waals surface area contributed by atoms with Gasteiger partial charge in [-0.1, -0.05) is 6.42 Å². The van der Waals surface area contributed by atoms with Crippen LogP contribution in [0.5, 0.6) is 5.75 Å². The molecule has 10 heteroatoms. The second-order valence-corrected chi connectivity index (χ2v) is 15.2. The van der Waals surface area contributed by atoms with E-state index in [1.807, 2.05) is 18.7 Å². The Morgan fingerprint density at radius 2 is 1.63 bits per heavy atom. The number of benzene rings is 1. The lowest BCUT2D eigenvalue weighted by molar-refractivity contribution is -0.142. The van der Waals surface area contributed by atoms with Crippen LogP contribution in [0.2, 0.25) is 0 Å². The zero-order chi connectivity index (χ0) is 29.4. The number of morpholine rings is 1. The number of aryl methyl sites for hydroxylation is 2. The molecule has 9 nitrogen and oxygen atoms in total. The van der Waals surface area contributed by atoms with E-state index in [4.69, 9.17) is 14.2 Å². The molecule has 1 atom stereocenters. The zero-order valence-corrected chi connectivity index (χ0v) is 26.4. The van der Waals surface area contributed by atoms with Crippen LogP contribution in [0, 0.1) is 19.3 Å². The summed E-state index contributed by atoms with van der Waals surface area (Å²) < 4.78 is 46.7. The first kappa shape index (κ1) is 30.7. The Morgan fingerprint density at radius 3 is 2.20 bits per heavy atom. The van der Waals surface area contributed by atoms with Crippen molar-refractivity contribution in [2.75, 3.05) is 59.7 Å². The van der Waals surface area contributed by atoms with Crippen molar-refractivity contribution in [2.45, 2.75) is 95.2 Å². The van der Waals surface area contributed by atoms with Gasteiger partial charge < -0.3 is 24.0 Å². The van der Waals surface area contributed by atoms with Crippen molar-refractivity contribution in [2.24, 2.45) is 5.41 Å². The van der Waals surface area contributed by atoms with E-state index in [9.17, 15) is 13.2 Å². The molecule has 1 amide bonds. The molecule has 230 valence electrons. The summed E-state index contributed by atoms with van der Waals surface area (Å²) in [6, 6.07) is 3.79. The number of carbonyl (C=O) groups excluding carboxylic acids is 1. The average Bonchev–Trinajstić information content (AvgIpc) is 2.89. The van der Waals surface area contributed by atoms with Crippen molar-refractivity contribution in [3.63, 3.8) is 0 Å². The number of amides is 1. The van der Waals surface area contributed by atoms with E-state index >= 15 is 0 Å². The zero-order valence-electron chi connectivity index (χ0n) is 25.6. The fraction of sp³-hybridized carbons (Fsp3) is 0.774. The van der Waals surface area contributed by atoms with Gasteiger partial charge in [0.15, 0.2) is 0 Å². The quantitative estimate of drug-likeness (QED) is 0.455. The number of hydrogen-bond acceptors (Lipinski definition) is 7. The van der Waals surface area contributed by atoms with Crippen LogP contribution in [0.3, 0.4) is 0 Å². The molecule has 0 radical (unpaired) electrons. The molecule has 5 rings (SSSR count). The van der Waals surface area contributed by atoms with Gasteiger partial charge in [-0.15, -0.1) is 0 Å². The van der Waals surface area contributed by atoms with E-state index in [0.717, 1.165) is 32.0 Å². The summed E-state index contributed by atoms with van der Waals surface area (Å²) in [4.78, 5) is 18.0. The van der Waals surface area contributed by atoms with Gasteiger partial charge in [0.05, 0.1) is 36.9 Å². The highest BCUT2D eigenvalue weighted by Gasteiger charge is 2.43. The number of piperidine rings is 2. The van der Waals surface area contributed by atoms with Crippen LogP contribution >= 0.6 is 0 Å². The molecule has 4 aliphatic rings. The average molecular weight is 592 g/mol. The number of likely N-dealkylation sites (tertiary alicyclic amines) is 2. The van der Waals surface area contributed by atoms with E-state index < -0.39 is 21.7 Å². The molecule has 0 aromatic heterocycles. The van der Waals surface area contributed by atoms with Gasteiger partial charge >= 0.3 is 0 Å². The molecule has 0 N–H and O–H groups in total. The summed E-state index contributed by atoms with van der Waals surface area (Å²) in [5.74, 6) is 0.613. The van der Waals surface area contributed by atoms with Crippen LogP contribution in [0.1, 0.15) is 69.9 Å². The predicted octanol–water partition coefficient (Wildman–Crippen LogP) is 3.75. The summed E-state index contributed by atoms with van der Waals surface area (Å²) in [7, 11) is -2.27. The number of carbonyl (C=O) groups is 1. The number of sulfonamides is 1. The van der Waals surface area contributed by atoms with Crippen molar-refractivity contribution < 1.29 is 27.4 Å². The fourth-order valence-corrected chi connectivity index (χ4v) is 9.30. The van der Waals surface area contributed by atoms with Crippen LogP contribution in [-0.4, -0.2) is 106 Å². The Balaban J connectivity index is 1.16. The number of methoxy groups -OCH3 is 1. The molecular formula is C31H49N3O6S. The number of ether oxygens (including phenoxy) is 3. The lowest BCUT2D eigenvalue weighted by Crippen LogP contribution is -2.57. The molecular weight excluding hydrogens is 542 g/mol. The lowest BCUT2D eigenvalue weighted by Gasteiger charge is -2.49. The third-order valence-corrected chi connectivity index (χ3v) is 12.2. The molecule has 0 bridgehead atoms. The summed E-state index contributed by atoms with van der Waals surface area (Å²) in [5.41, 5.74) is 1.03. The first-order valence-corrected chi connectivity index (χ1v) is 16.8. The molecule has 3 heterocycles. The van der Waals surface area contributed by atoms with Crippen LogP contribution in [0.25, 0.3) is 0 Å². The van der Waals surface area contributed by atoms with E-state index in [-0.39, 0.29) is 37.2 Å². The Labute approximate surface area is 246 Å². The van der Waals surface area contributed by atoms with Gasteiger partial charge in [-0.25, -0.2) is 8.42 Å². The summed E-state index contributed by atoms with van der Waals surface area (Å²) in [5, 5.41) is 0. The maximum Gasteiger partial charge on any atom is 0.248 e. The van der Waals surface area contributed by atoms with E-state index in [2.05, 4.69) is 4.90 Å². The highest BCUT2D eigenvalue weighted by molar-refractivity contribution is 7.89. The van der Waals surface area contributed by atoms with Gasteiger partial charge in [-0.3, -0.25) is 4.79 Å². The minimum Gasteiger partial charge on any atom is -0.497 e. The van der Waals surface area contributed by atoms with Crippen LogP contribution < -0.4 is 4.74 Å². The van der Waals surface area contributed by atoms with Crippen molar-refractivity contribution in [3.05, 3.63) is 23.3 Å². The van der Waals surface area contributed by atoms with Gasteiger partial charge in [0.25, 0.3) is 0 Å². The molecule has 1 aromatic carbocycles. The SMILES string of the molecule is COc1cc(C)c(S(=O)(=O)N2CC(C)(C)OC[C@H]2COCC(=O)N2CCC3(CC2)CCN(C2CCC2)CC3)c(C)c1. The van der Waals surface area contributed by atoms with Gasteiger partial charge in [-0.05, 0) is 108 Å². The fourth-order valence-electron chi connectivity index (χ4n) is 7.14. The summed E-state index contributed by atoms with van der Waals surface area (Å²) >= 11 is 0. The third-order valence-electron chi connectivity index (χ3n) is 10.0. The molecule has 3 aliphatic heterocycles. The van der Waals surface area contributed by atoms with Gasteiger partial charge in [0.1, 0.15) is 12.4 Å². The number of rotatable bonds is 8. The van der Waals surface area contributed by atoms with E-state index in [1.165, 1.54) is 49.5 Å². The Hall–Kier alpha value is -1.72. The van der Waals surface area contributed by atoms with Crippen molar-refractivity contribution in [1.82, 2.24) is 14.1 Å². The molecule has 1 aromatic rings. The molecule has 0 unspecified atom stereocenters. The standard InChI is InChI=1S/C31H49N3O6S/c1-23-17-27(38-5)18-24(2)29(23)41(36,37)34-22-30(3,4)40-20-26(34)19-39-21-28(35)33-15-11-31(12-16-33)9-13-32(14-10-31)25-7-6-8-25/h17-18,25-26H,6-16,19-22H2,1-5H3/t26-/m1/s1. The van der Waals surface area contributed by atoms with Crippen LogP contribution in [0.15, 0.2) is 17.0 Å². The minimum atomic E-state index is -3.84. The molecule has 1 spiro atoms. The highest BCUT2D eigenvalue weighted by Crippen LogP contribution is 2.43. The highest BCUT2D eigenvalue weighted by atomic mass is 32.2. The predicted molar refractivity (Wildman–Crippen MR) is 158 cm³/mol. The maximum absolute atomic E-state index is 14.0. The smallest absolute Gasteiger partial charge is 0.248 e. The second kappa shape index (κ2) is 12.1. The first-order chi connectivity index (χ1) is 19.4. The number of nitrogens with zero attached hydrogens (tertiary/aromatic N) is 3. The Bertz CT molecular complexity index is 1170. The van der Waals surface area contributed by atoms with Crippen molar-refractivity contribution in [1.29, 1.82) is 0 Å². The summed E-state index contributed by atoms with van der Waals surface area (Å²) in [6.07, 6.45) is 8.74. The van der Waals surface area contributed by atoms with E-state index in [1.54, 1.807) is 33.1 Å². The Morgan fingerprint density at radius 1 is 1.02 bits per heavy atom. The monoisotopic (exact) mass is 591 g/mol. The molecule has 4 fully saturated rings.